The minimum atomic E-state index is -3.99. The Morgan fingerprint density at radius 1 is 0.927 bits per heavy atom. The van der Waals surface area contributed by atoms with Gasteiger partial charge in [-0.2, -0.15) is 4.98 Å². The number of aryl methyl sites for hydroxylation is 1. The van der Waals surface area contributed by atoms with E-state index in [2.05, 4.69) is 50.6 Å². The molecule has 0 bridgehead atoms. The van der Waals surface area contributed by atoms with Gasteiger partial charge in [-0.1, -0.05) is 35.9 Å². The number of anilines is 1. The van der Waals surface area contributed by atoms with Crippen LogP contribution in [-0.2, 0) is 10.0 Å². The summed E-state index contributed by atoms with van der Waals surface area (Å²) in [6.07, 6.45) is 7.74. The summed E-state index contributed by atoms with van der Waals surface area (Å²) in [5.41, 5.74) is 2.01. The van der Waals surface area contributed by atoms with Crippen molar-refractivity contribution in [2.75, 3.05) is 17.9 Å². The number of aromatic nitrogens is 6. The fourth-order valence-electron chi connectivity index (χ4n) is 3.47. The summed E-state index contributed by atoms with van der Waals surface area (Å²) in [5, 5.41) is 2.95. The summed E-state index contributed by atoms with van der Waals surface area (Å²) in [5.74, 6) is 0.399. The fourth-order valence-corrected chi connectivity index (χ4v) is 5.19. The quantitative estimate of drug-likeness (QED) is 0.185. The summed E-state index contributed by atoms with van der Waals surface area (Å²) < 4.78 is 41.3. The number of nitrogens with one attached hydrogen (secondary N) is 1. The lowest BCUT2D eigenvalue weighted by atomic mass is 10.1. The lowest BCUT2D eigenvalue weighted by molar-refractivity contribution is 0.202. The van der Waals surface area contributed by atoms with Crippen molar-refractivity contribution in [1.82, 2.24) is 29.9 Å². The molecule has 0 aliphatic heterocycles. The van der Waals surface area contributed by atoms with E-state index < -0.39 is 10.0 Å². The van der Waals surface area contributed by atoms with Crippen molar-refractivity contribution in [3.63, 3.8) is 0 Å². The van der Waals surface area contributed by atoms with E-state index >= 15 is 0 Å². The normalized spacial score (nSPS) is 11.5. The van der Waals surface area contributed by atoms with E-state index in [1.807, 2.05) is 48.7 Å². The standard InChI is InChI=1S/C27H22BrN7O4S2/c1-18-5-7-19(8-6-18)22-23(35-41(36,37)15-9-21-4-2-14-40-21)33-25(24-29-10-3-11-30-24)34-26(22)38-12-13-39-27-31-16-20(28)17-32-27/h2-11,14-17H,12-13H2,1H3,(H,33,34,35). The summed E-state index contributed by atoms with van der Waals surface area (Å²) in [6.45, 7) is 2.10. The Balaban J connectivity index is 1.53. The monoisotopic (exact) mass is 651 g/mol. The Morgan fingerprint density at radius 3 is 2.37 bits per heavy atom. The highest BCUT2D eigenvalue weighted by Crippen LogP contribution is 2.37. The van der Waals surface area contributed by atoms with Crippen LogP contribution in [-0.4, -0.2) is 51.5 Å². The molecule has 14 heteroatoms. The molecule has 11 nitrogen and oxygen atoms in total. The highest BCUT2D eigenvalue weighted by Gasteiger charge is 2.22. The van der Waals surface area contributed by atoms with Gasteiger partial charge in [-0.05, 0) is 52.0 Å². The lowest BCUT2D eigenvalue weighted by Crippen LogP contribution is -2.16. The molecule has 0 aliphatic rings. The first-order chi connectivity index (χ1) is 19.9. The molecule has 1 aromatic carbocycles. The van der Waals surface area contributed by atoms with E-state index in [1.54, 1.807) is 30.9 Å². The Hall–Kier alpha value is -4.27. The number of thiophene rings is 1. The molecule has 0 spiro atoms. The van der Waals surface area contributed by atoms with Gasteiger partial charge in [0.2, 0.25) is 11.7 Å². The Labute approximate surface area is 248 Å². The lowest BCUT2D eigenvalue weighted by Gasteiger charge is -2.16. The van der Waals surface area contributed by atoms with Gasteiger partial charge in [0.1, 0.15) is 13.2 Å². The predicted octanol–water partition coefficient (Wildman–Crippen LogP) is 5.39. The van der Waals surface area contributed by atoms with Crippen molar-refractivity contribution in [1.29, 1.82) is 0 Å². The molecular formula is C27H22BrN7O4S2. The van der Waals surface area contributed by atoms with Crippen molar-refractivity contribution in [2.45, 2.75) is 6.92 Å². The van der Waals surface area contributed by atoms with Crippen LogP contribution in [0, 0.1) is 6.92 Å². The molecule has 0 saturated carbocycles. The number of sulfonamides is 1. The van der Waals surface area contributed by atoms with E-state index in [4.69, 9.17) is 9.47 Å². The molecule has 5 rings (SSSR count). The molecule has 4 aromatic heterocycles. The van der Waals surface area contributed by atoms with E-state index in [9.17, 15) is 8.42 Å². The molecule has 0 aliphatic carbocycles. The average molecular weight is 653 g/mol. The van der Waals surface area contributed by atoms with Gasteiger partial charge in [0, 0.05) is 29.7 Å². The van der Waals surface area contributed by atoms with Gasteiger partial charge in [-0.25, -0.2) is 33.3 Å². The van der Waals surface area contributed by atoms with Gasteiger partial charge in [0.05, 0.1) is 15.4 Å². The fraction of sp³-hybridized carbons (Fsp3) is 0.111. The molecule has 41 heavy (non-hydrogen) atoms. The first-order valence-corrected chi connectivity index (χ1v) is 15.3. The molecule has 208 valence electrons. The van der Waals surface area contributed by atoms with Gasteiger partial charge in [0.15, 0.2) is 11.6 Å². The molecule has 4 heterocycles. The van der Waals surface area contributed by atoms with Gasteiger partial charge in [0.25, 0.3) is 10.0 Å². The van der Waals surface area contributed by atoms with E-state index in [1.165, 1.54) is 17.4 Å². The van der Waals surface area contributed by atoms with Crippen molar-refractivity contribution in [3.8, 4) is 34.7 Å². The van der Waals surface area contributed by atoms with Crippen molar-refractivity contribution < 1.29 is 17.9 Å². The first kappa shape index (κ1) is 28.3. The number of hydrogen-bond acceptors (Lipinski definition) is 11. The van der Waals surface area contributed by atoms with Crippen LogP contribution in [0.2, 0.25) is 0 Å². The third-order valence-corrected chi connectivity index (χ3v) is 7.54. The second kappa shape index (κ2) is 12.9. The Kier molecular flexibility index (Phi) is 8.91. The summed E-state index contributed by atoms with van der Waals surface area (Å²) in [6, 6.07) is 13.0. The molecular weight excluding hydrogens is 630 g/mol. The minimum absolute atomic E-state index is 0.00861. The van der Waals surface area contributed by atoms with E-state index in [0.717, 1.165) is 20.3 Å². The Bertz CT molecular complexity index is 1740. The van der Waals surface area contributed by atoms with Crippen LogP contribution in [0.3, 0.4) is 0 Å². The van der Waals surface area contributed by atoms with Crippen LogP contribution in [0.4, 0.5) is 5.82 Å². The summed E-state index contributed by atoms with van der Waals surface area (Å²) >= 11 is 4.70. The Morgan fingerprint density at radius 2 is 1.66 bits per heavy atom. The molecule has 0 saturated heterocycles. The maximum absolute atomic E-state index is 13.2. The van der Waals surface area contributed by atoms with Crippen LogP contribution in [0.25, 0.3) is 28.9 Å². The van der Waals surface area contributed by atoms with Crippen LogP contribution in [0.15, 0.2) is 82.5 Å². The van der Waals surface area contributed by atoms with Crippen LogP contribution in [0.1, 0.15) is 10.4 Å². The van der Waals surface area contributed by atoms with Crippen LogP contribution in [0.5, 0.6) is 11.9 Å². The number of rotatable bonds is 11. The van der Waals surface area contributed by atoms with Crippen molar-refractivity contribution in [3.05, 3.63) is 93.0 Å². The van der Waals surface area contributed by atoms with E-state index in [-0.39, 0.29) is 42.6 Å². The third-order valence-electron chi connectivity index (χ3n) is 5.33. The molecule has 0 amide bonds. The zero-order valence-electron chi connectivity index (χ0n) is 21.5. The van der Waals surface area contributed by atoms with Gasteiger partial charge < -0.3 is 9.47 Å². The van der Waals surface area contributed by atoms with E-state index in [0.29, 0.717) is 11.1 Å². The average Bonchev–Trinajstić information content (AvgIpc) is 3.50. The predicted molar refractivity (Wildman–Crippen MR) is 160 cm³/mol. The maximum atomic E-state index is 13.2. The zero-order valence-corrected chi connectivity index (χ0v) is 24.7. The van der Waals surface area contributed by atoms with Crippen molar-refractivity contribution >= 4 is 49.2 Å². The highest BCUT2D eigenvalue weighted by atomic mass is 79.9. The van der Waals surface area contributed by atoms with Crippen LogP contribution >= 0.6 is 27.3 Å². The topological polar surface area (TPSA) is 142 Å². The summed E-state index contributed by atoms with van der Waals surface area (Å²) in [4.78, 5) is 26.5. The molecule has 0 fully saturated rings. The number of halogens is 1. The molecule has 0 radical (unpaired) electrons. The molecule has 0 atom stereocenters. The second-order valence-electron chi connectivity index (χ2n) is 8.36. The van der Waals surface area contributed by atoms with Crippen molar-refractivity contribution in [2.24, 2.45) is 0 Å². The minimum Gasteiger partial charge on any atom is -0.473 e. The van der Waals surface area contributed by atoms with Gasteiger partial charge >= 0.3 is 6.01 Å². The smallest absolute Gasteiger partial charge is 0.316 e. The highest BCUT2D eigenvalue weighted by molar-refractivity contribution is 9.10. The first-order valence-electron chi connectivity index (χ1n) is 12.1. The molecule has 5 aromatic rings. The van der Waals surface area contributed by atoms with Crippen LogP contribution < -0.4 is 14.2 Å². The number of ether oxygens (including phenoxy) is 2. The summed E-state index contributed by atoms with van der Waals surface area (Å²) in [7, 11) is -3.99. The second-order valence-corrected chi connectivity index (χ2v) is 11.8. The molecule has 0 unspecified atom stereocenters. The zero-order chi connectivity index (χ0) is 28.7. The largest absolute Gasteiger partial charge is 0.473 e. The van der Waals surface area contributed by atoms with Gasteiger partial charge in [-0.15, -0.1) is 11.3 Å². The number of benzene rings is 1. The van der Waals surface area contributed by atoms with Gasteiger partial charge in [-0.3, -0.25) is 4.72 Å². The third kappa shape index (κ3) is 7.68. The molecule has 1 N–H and O–H groups in total. The maximum Gasteiger partial charge on any atom is 0.316 e. The number of nitrogens with zero attached hydrogens (tertiary/aromatic N) is 6. The SMILES string of the molecule is Cc1ccc(-c2c(NS(=O)(=O)C=Cc3cccs3)nc(-c3ncccn3)nc2OCCOc2ncc(Br)cn2)cc1. The number of hydrogen-bond donors (Lipinski definition) is 1.